The Morgan fingerprint density at radius 2 is 2.11 bits per heavy atom. The zero-order chi connectivity index (χ0) is 13.4. The molecule has 0 aliphatic rings. The van der Waals surface area contributed by atoms with Gasteiger partial charge in [-0.05, 0) is 51.5 Å². The Balaban J connectivity index is 1.86. The van der Waals surface area contributed by atoms with Crippen molar-refractivity contribution >= 4 is 48.0 Å². The quantitative estimate of drug-likeness (QED) is 0.694. The first kappa shape index (κ1) is 13.2. The largest absolute Gasteiger partial charge is 0.323 e. The minimum absolute atomic E-state index is 0.0947. The molecule has 3 aromatic rings. The third-order valence-electron chi connectivity index (χ3n) is 3.00. The van der Waals surface area contributed by atoms with Gasteiger partial charge in [-0.1, -0.05) is 12.1 Å². The van der Waals surface area contributed by atoms with Crippen LogP contribution in [0.3, 0.4) is 0 Å². The lowest BCUT2D eigenvalue weighted by atomic mass is 10.1. The van der Waals surface area contributed by atoms with Crippen molar-refractivity contribution in [3.8, 4) is 0 Å². The number of halogens is 2. The van der Waals surface area contributed by atoms with Gasteiger partial charge in [0, 0.05) is 20.3 Å². The van der Waals surface area contributed by atoms with E-state index in [0.29, 0.717) is 10.9 Å². The summed E-state index contributed by atoms with van der Waals surface area (Å²) in [6, 6.07) is 9.22. The zero-order valence-corrected chi connectivity index (χ0v) is 13.1. The number of fused-ring (bicyclic) bond motifs is 1. The minimum Gasteiger partial charge on any atom is -0.323 e. The molecule has 2 N–H and O–H groups in total. The van der Waals surface area contributed by atoms with Gasteiger partial charge in [0.05, 0.1) is 4.47 Å². The van der Waals surface area contributed by atoms with E-state index in [2.05, 4.69) is 33.4 Å². The van der Waals surface area contributed by atoms with E-state index in [1.165, 1.54) is 15.5 Å². The van der Waals surface area contributed by atoms with Gasteiger partial charge in [0.25, 0.3) is 0 Å². The standard InChI is InChI=1S/C14H11BrFNS2/c15-14-8(2-1-3-9(14)16)6-10(17)12-7-13-11(19-12)4-5-18-13/h1-5,7,10H,6,17H2. The number of hydrogen-bond acceptors (Lipinski definition) is 3. The van der Waals surface area contributed by atoms with Crippen molar-refractivity contribution < 1.29 is 4.39 Å². The normalized spacial score (nSPS) is 13.0. The number of hydrogen-bond donors (Lipinski definition) is 1. The highest BCUT2D eigenvalue weighted by molar-refractivity contribution is 9.10. The van der Waals surface area contributed by atoms with E-state index >= 15 is 0 Å². The summed E-state index contributed by atoms with van der Waals surface area (Å²) >= 11 is 6.72. The molecule has 0 bridgehead atoms. The van der Waals surface area contributed by atoms with Crippen LogP contribution in [0.2, 0.25) is 0 Å². The summed E-state index contributed by atoms with van der Waals surface area (Å²) in [6.07, 6.45) is 0.631. The second kappa shape index (κ2) is 5.32. The Bertz CT molecular complexity index is 691. The second-order valence-electron chi connectivity index (χ2n) is 4.32. The Labute approximate surface area is 127 Å². The number of rotatable bonds is 3. The van der Waals surface area contributed by atoms with Crippen molar-refractivity contribution in [1.82, 2.24) is 0 Å². The van der Waals surface area contributed by atoms with Gasteiger partial charge in [0.15, 0.2) is 0 Å². The van der Waals surface area contributed by atoms with Crippen LogP contribution in [0.4, 0.5) is 4.39 Å². The summed E-state index contributed by atoms with van der Waals surface area (Å²) in [7, 11) is 0. The second-order valence-corrected chi connectivity index (χ2v) is 7.18. The average molecular weight is 356 g/mol. The monoisotopic (exact) mass is 355 g/mol. The first-order chi connectivity index (χ1) is 9.15. The third-order valence-corrected chi connectivity index (χ3v) is 6.11. The molecule has 5 heteroatoms. The fourth-order valence-electron chi connectivity index (χ4n) is 2.01. The SMILES string of the molecule is NC(Cc1cccc(F)c1Br)c1cc2sccc2s1. The Kier molecular flexibility index (Phi) is 3.71. The predicted octanol–water partition coefficient (Wildman–Crippen LogP) is 5.11. The maximum atomic E-state index is 13.5. The molecule has 2 heterocycles. The third kappa shape index (κ3) is 2.60. The van der Waals surface area contributed by atoms with Gasteiger partial charge < -0.3 is 5.73 Å². The Morgan fingerprint density at radius 1 is 1.26 bits per heavy atom. The molecular formula is C14H11BrFNS2. The highest BCUT2D eigenvalue weighted by atomic mass is 79.9. The zero-order valence-electron chi connectivity index (χ0n) is 9.90. The van der Waals surface area contributed by atoms with Crippen LogP contribution in [0.15, 0.2) is 40.2 Å². The van der Waals surface area contributed by atoms with Crippen LogP contribution < -0.4 is 5.73 Å². The molecule has 0 aliphatic heterocycles. The Hall–Kier alpha value is -0.750. The van der Waals surface area contributed by atoms with E-state index in [0.717, 1.165) is 10.4 Å². The smallest absolute Gasteiger partial charge is 0.137 e. The fraction of sp³-hybridized carbons (Fsp3) is 0.143. The molecule has 0 saturated heterocycles. The molecule has 1 atom stereocenters. The van der Waals surface area contributed by atoms with Crippen molar-refractivity contribution in [2.75, 3.05) is 0 Å². The minimum atomic E-state index is -0.239. The first-order valence-electron chi connectivity index (χ1n) is 5.80. The van der Waals surface area contributed by atoms with E-state index in [4.69, 9.17) is 5.73 Å². The van der Waals surface area contributed by atoms with Crippen molar-refractivity contribution in [3.63, 3.8) is 0 Å². The van der Waals surface area contributed by atoms with Gasteiger partial charge >= 0.3 is 0 Å². The molecular weight excluding hydrogens is 345 g/mol. The molecule has 3 rings (SSSR count). The first-order valence-corrected chi connectivity index (χ1v) is 8.29. The molecule has 19 heavy (non-hydrogen) atoms. The number of benzene rings is 1. The average Bonchev–Trinajstić information content (AvgIpc) is 2.95. The van der Waals surface area contributed by atoms with E-state index in [1.807, 2.05) is 6.07 Å². The van der Waals surface area contributed by atoms with Crippen LogP contribution in [0.5, 0.6) is 0 Å². The molecule has 0 fully saturated rings. The van der Waals surface area contributed by atoms with Gasteiger partial charge in [-0.15, -0.1) is 22.7 Å². The maximum Gasteiger partial charge on any atom is 0.137 e. The van der Waals surface area contributed by atoms with Crippen molar-refractivity contribution in [2.45, 2.75) is 12.5 Å². The van der Waals surface area contributed by atoms with E-state index in [-0.39, 0.29) is 11.9 Å². The van der Waals surface area contributed by atoms with Gasteiger partial charge in [-0.3, -0.25) is 0 Å². The highest BCUT2D eigenvalue weighted by Gasteiger charge is 2.14. The van der Waals surface area contributed by atoms with Gasteiger partial charge in [0.1, 0.15) is 5.82 Å². The maximum absolute atomic E-state index is 13.5. The summed E-state index contributed by atoms with van der Waals surface area (Å²) in [4.78, 5) is 1.15. The molecule has 1 aromatic carbocycles. The van der Waals surface area contributed by atoms with Crippen LogP contribution in [0.25, 0.3) is 9.40 Å². The predicted molar refractivity (Wildman–Crippen MR) is 84.4 cm³/mol. The van der Waals surface area contributed by atoms with Crippen LogP contribution in [-0.4, -0.2) is 0 Å². The van der Waals surface area contributed by atoms with Crippen molar-refractivity contribution in [1.29, 1.82) is 0 Å². The molecule has 0 saturated carbocycles. The van der Waals surface area contributed by atoms with Crippen LogP contribution in [0, 0.1) is 5.82 Å². The van der Waals surface area contributed by atoms with E-state index < -0.39 is 0 Å². The van der Waals surface area contributed by atoms with E-state index in [9.17, 15) is 4.39 Å². The molecule has 2 aromatic heterocycles. The molecule has 1 nitrogen and oxygen atoms in total. The number of thiophene rings is 2. The van der Waals surface area contributed by atoms with Gasteiger partial charge in [-0.25, -0.2) is 4.39 Å². The molecule has 0 spiro atoms. The van der Waals surface area contributed by atoms with E-state index in [1.54, 1.807) is 28.7 Å². The molecule has 98 valence electrons. The van der Waals surface area contributed by atoms with Crippen molar-refractivity contribution in [3.05, 3.63) is 56.4 Å². The highest BCUT2D eigenvalue weighted by Crippen LogP contribution is 2.34. The number of nitrogens with two attached hydrogens (primary N) is 1. The summed E-state index contributed by atoms with van der Waals surface area (Å²) in [5, 5.41) is 2.08. The van der Waals surface area contributed by atoms with Gasteiger partial charge in [0.2, 0.25) is 0 Å². The van der Waals surface area contributed by atoms with Crippen LogP contribution >= 0.6 is 38.6 Å². The summed E-state index contributed by atoms with van der Waals surface area (Å²) in [5.41, 5.74) is 7.15. The van der Waals surface area contributed by atoms with Crippen molar-refractivity contribution in [2.24, 2.45) is 5.73 Å². The summed E-state index contributed by atoms with van der Waals surface area (Å²) in [6.45, 7) is 0. The summed E-state index contributed by atoms with van der Waals surface area (Å²) in [5.74, 6) is -0.239. The lowest BCUT2D eigenvalue weighted by molar-refractivity contribution is 0.614. The van der Waals surface area contributed by atoms with Gasteiger partial charge in [-0.2, -0.15) is 0 Å². The molecule has 0 radical (unpaired) electrons. The fourth-order valence-corrected chi connectivity index (χ4v) is 4.56. The lowest BCUT2D eigenvalue weighted by Crippen LogP contribution is -2.12. The molecule has 0 amide bonds. The molecule has 0 aliphatic carbocycles. The lowest BCUT2D eigenvalue weighted by Gasteiger charge is -2.11. The topological polar surface area (TPSA) is 26.0 Å². The molecule has 1 unspecified atom stereocenters. The Morgan fingerprint density at radius 3 is 2.89 bits per heavy atom. The summed E-state index contributed by atoms with van der Waals surface area (Å²) < 4.78 is 16.5. The van der Waals surface area contributed by atoms with Crippen LogP contribution in [0.1, 0.15) is 16.5 Å². The van der Waals surface area contributed by atoms with Crippen LogP contribution in [-0.2, 0) is 6.42 Å².